The molecule has 2 aliphatic carbocycles. The SMILES string of the molecule is CCOC1CC(N2CC3(CCCC3)NCC2C)C1(C)C. The van der Waals surface area contributed by atoms with E-state index in [4.69, 9.17) is 4.74 Å². The van der Waals surface area contributed by atoms with Gasteiger partial charge in [-0.1, -0.05) is 26.7 Å². The summed E-state index contributed by atoms with van der Waals surface area (Å²) in [6.45, 7) is 12.6. The fraction of sp³-hybridized carbons (Fsp3) is 1.00. The first-order valence-electron chi connectivity index (χ1n) is 8.61. The van der Waals surface area contributed by atoms with E-state index in [0.29, 0.717) is 29.1 Å². The van der Waals surface area contributed by atoms with Gasteiger partial charge in [-0.05, 0) is 33.1 Å². The normalized spacial score (nSPS) is 39.9. The molecule has 1 aliphatic heterocycles. The van der Waals surface area contributed by atoms with Crippen molar-refractivity contribution in [2.24, 2.45) is 5.41 Å². The Morgan fingerprint density at radius 3 is 2.55 bits per heavy atom. The van der Waals surface area contributed by atoms with Crippen LogP contribution in [0.25, 0.3) is 0 Å². The molecule has 3 unspecified atom stereocenters. The predicted molar refractivity (Wildman–Crippen MR) is 83.0 cm³/mol. The summed E-state index contributed by atoms with van der Waals surface area (Å²) >= 11 is 0. The van der Waals surface area contributed by atoms with Crippen LogP contribution in [0.4, 0.5) is 0 Å². The van der Waals surface area contributed by atoms with Crippen molar-refractivity contribution >= 4 is 0 Å². The van der Waals surface area contributed by atoms with E-state index in [1.165, 1.54) is 38.6 Å². The number of hydrogen-bond acceptors (Lipinski definition) is 3. The van der Waals surface area contributed by atoms with Crippen molar-refractivity contribution in [2.45, 2.75) is 83.5 Å². The van der Waals surface area contributed by atoms with Gasteiger partial charge in [0.05, 0.1) is 6.10 Å². The summed E-state index contributed by atoms with van der Waals surface area (Å²) in [7, 11) is 0. The van der Waals surface area contributed by atoms with Crippen LogP contribution in [0.5, 0.6) is 0 Å². The molecular weight excluding hydrogens is 248 g/mol. The monoisotopic (exact) mass is 280 g/mol. The summed E-state index contributed by atoms with van der Waals surface area (Å²) in [5.74, 6) is 0. The molecule has 0 aromatic heterocycles. The topological polar surface area (TPSA) is 24.5 Å². The maximum Gasteiger partial charge on any atom is 0.0655 e. The van der Waals surface area contributed by atoms with Gasteiger partial charge in [-0.25, -0.2) is 0 Å². The summed E-state index contributed by atoms with van der Waals surface area (Å²) in [6.07, 6.45) is 7.24. The minimum Gasteiger partial charge on any atom is -0.378 e. The highest BCUT2D eigenvalue weighted by Gasteiger charge is 2.54. The van der Waals surface area contributed by atoms with E-state index in [9.17, 15) is 0 Å². The second-order valence-corrected chi connectivity index (χ2v) is 7.91. The van der Waals surface area contributed by atoms with E-state index in [2.05, 4.69) is 37.9 Å². The summed E-state index contributed by atoms with van der Waals surface area (Å²) in [5, 5.41) is 3.87. The van der Waals surface area contributed by atoms with Crippen LogP contribution in [0.1, 0.15) is 59.8 Å². The lowest BCUT2D eigenvalue weighted by Gasteiger charge is -2.60. The Kier molecular flexibility index (Phi) is 3.89. The van der Waals surface area contributed by atoms with Crippen LogP contribution in [0, 0.1) is 5.41 Å². The Morgan fingerprint density at radius 1 is 1.25 bits per heavy atom. The third kappa shape index (κ3) is 2.32. The number of nitrogens with one attached hydrogen (secondary N) is 1. The van der Waals surface area contributed by atoms with Crippen molar-refractivity contribution in [1.29, 1.82) is 0 Å². The fourth-order valence-electron chi connectivity index (χ4n) is 4.76. The van der Waals surface area contributed by atoms with Gasteiger partial charge in [0.2, 0.25) is 0 Å². The Bertz CT molecular complexity index is 349. The first-order chi connectivity index (χ1) is 9.48. The van der Waals surface area contributed by atoms with E-state index in [-0.39, 0.29) is 0 Å². The van der Waals surface area contributed by atoms with E-state index < -0.39 is 0 Å². The maximum absolute atomic E-state index is 5.92. The third-order valence-electron chi connectivity index (χ3n) is 6.28. The molecule has 0 bridgehead atoms. The van der Waals surface area contributed by atoms with E-state index in [0.717, 1.165) is 13.2 Å². The second-order valence-electron chi connectivity index (χ2n) is 7.91. The molecule has 0 amide bonds. The van der Waals surface area contributed by atoms with Crippen LogP contribution in [0.15, 0.2) is 0 Å². The maximum atomic E-state index is 5.92. The quantitative estimate of drug-likeness (QED) is 0.860. The van der Waals surface area contributed by atoms with Gasteiger partial charge in [0.15, 0.2) is 0 Å². The van der Waals surface area contributed by atoms with Crippen molar-refractivity contribution in [3.63, 3.8) is 0 Å². The Labute approximate surface area is 124 Å². The van der Waals surface area contributed by atoms with Gasteiger partial charge < -0.3 is 10.1 Å². The van der Waals surface area contributed by atoms with Gasteiger partial charge >= 0.3 is 0 Å². The van der Waals surface area contributed by atoms with E-state index in [1.807, 2.05) is 0 Å². The zero-order valence-electron chi connectivity index (χ0n) is 13.7. The minimum absolute atomic E-state index is 0.307. The number of rotatable bonds is 3. The number of hydrogen-bond donors (Lipinski definition) is 1. The molecule has 3 fully saturated rings. The highest BCUT2D eigenvalue weighted by atomic mass is 16.5. The Balaban J connectivity index is 1.69. The largest absolute Gasteiger partial charge is 0.378 e. The minimum atomic E-state index is 0.307. The molecule has 1 N–H and O–H groups in total. The molecule has 20 heavy (non-hydrogen) atoms. The molecule has 2 saturated carbocycles. The number of nitrogens with zero attached hydrogens (tertiary/aromatic N) is 1. The number of ether oxygens (including phenoxy) is 1. The molecular formula is C17H32N2O. The lowest BCUT2D eigenvalue weighted by molar-refractivity contribution is -0.165. The second kappa shape index (κ2) is 5.26. The molecule has 0 aromatic rings. The van der Waals surface area contributed by atoms with Gasteiger partial charge in [-0.3, -0.25) is 4.90 Å². The average molecular weight is 280 g/mol. The van der Waals surface area contributed by atoms with Crippen LogP contribution in [0.3, 0.4) is 0 Å². The van der Waals surface area contributed by atoms with Crippen molar-refractivity contribution in [3.05, 3.63) is 0 Å². The summed E-state index contributed by atoms with van der Waals surface area (Å²) in [4.78, 5) is 2.80. The van der Waals surface area contributed by atoms with Crippen LogP contribution in [-0.4, -0.2) is 48.3 Å². The van der Waals surface area contributed by atoms with E-state index in [1.54, 1.807) is 0 Å². The van der Waals surface area contributed by atoms with Crippen LogP contribution < -0.4 is 5.32 Å². The predicted octanol–water partition coefficient (Wildman–Crippen LogP) is 2.80. The highest BCUT2D eigenvalue weighted by Crippen LogP contribution is 2.48. The first kappa shape index (κ1) is 14.8. The summed E-state index contributed by atoms with van der Waals surface area (Å²) in [5.41, 5.74) is 0.737. The molecule has 0 aromatic carbocycles. The lowest BCUT2D eigenvalue weighted by Crippen LogP contribution is -2.71. The zero-order valence-corrected chi connectivity index (χ0v) is 13.7. The fourth-order valence-corrected chi connectivity index (χ4v) is 4.76. The van der Waals surface area contributed by atoms with Crippen molar-refractivity contribution in [3.8, 4) is 0 Å². The molecule has 3 aliphatic rings. The number of piperazine rings is 1. The average Bonchev–Trinajstić information content (AvgIpc) is 2.86. The Morgan fingerprint density at radius 2 is 1.95 bits per heavy atom. The molecule has 116 valence electrons. The lowest BCUT2D eigenvalue weighted by atomic mass is 9.63. The summed E-state index contributed by atoms with van der Waals surface area (Å²) in [6, 6.07) is 1.36. The van der Waals surface area contributed by atoms with E-state index >= 15 is 0 Å². The van der Waals surface area contributed by atoms with Gasteiger partial charge in [0.1, 0.15) is 0 Å². The molecule has 3 atom stereocenters. The van der Waals surface area contributed by atoms with Crippen LogP contribution in [0.2, 0.25) is 0 Å². The van der Waals surface area contributed by atoms with Gasteiger partial charge in [0, 0.05) is 42.7 Å². The van der Waals surface area contributed by atoms with Crippen molar-refractivity contribution in [1.82, 2.24) is 10.2 Å². The molecule has 0 radical (unpaired) electrons. The highest BCUT2D eigenvalue weighted by molar-refractivity contribution is 5.09. The van der Waals surface area contributed by atoms with Crippen molar-refractivity contribution < 1.29 is 4.74 Å². The molecule has 3 heteroatoms. The molecule has 1 spiro atoms. The third-order valence-corrected chi connectivity index (χ3v) is 6.28. The Hall–Kier alpha value is -0.120. The molecule has 1 saturated heterocycles. The smallest absolute Gasteiger partial charge is 0.0655 e. The molecule has 3 rings (SSSR count). The van der Waals surface area contributed by atoms with Crippen molar-refractivity contribution in [2.75, 3.05) is 19.7 Å². The standard InChI is InChI=1S/C17H32N2O/c1-5-20-15-10-14(16(15,3)4)19-12-17(8-6-7-9-17)18-11-13(19)2/h13-15,18H,5-12H2,1-4H3. The van der Waals surface area contributed by atoms with Gasteiger partial charge in [-0.2, -0.15) is 0 Å². The van der Waals surface area contributed by atoms with Crippen LogP contribution >= 0.6 is 0 Å². The molecule has 1 heterocycles. The van der Waals surface area contributed by atoms with Gasteiger partial charge in [-0.15, -0.1) is 0 Å². The van der Waals surface area contributed by atoms with Gasteiger partial charge in [0.25, 0.3) is 0 Å². The van der Waals surface area contributed by atoms with Crippen LogP contribution in [-0.2, 0) is 4.74 Å². The molecule has 3 nitrogen and oxygen atoms in total. The summed E-state index contributed by atoms with van der Waals surface area (Å²) < 4.78 is 5.92. The zero-order chi connectivity index (χ0) is 14.4. The first-order valence-corrected chi connectivity index (χ1v) is 8.61.